The molecule has 0 aliphatic heterocycles. The molecular formula is C27H30F3N7O6S. The maximum atomic E-state index is 13.4. The van der Waals surface area contributed by atoms with E-state index in [1.807, 2.05) is 6.92 Å². The lowest BCUT2D eigenvalue weighted by molar-refractivity contribution is -0.374. The number of alkyl halides is 3. The highest BCUT2D eigenvalue weighted by Crippen LogP contribution is 2.40. The summed E-state index contributed by atoms with van der Waals surface area (Å²) in [5, 5.41) is 45.5. The maximum Gasteiger partial charge on any atom is 0.443 e. The number of thiazole rings is 1. The van der Waals surface area contributed by atoms with Gasteiger partial charge in [0, 0.05) is 30.8 Å². The summed E-state index contributed by atoms with van der Waals surface area (Å²) in [6.07, 6.45) is -4.70. The Morgan fingerprint density at radius 2 is 1.77 bits per heavy atom. The molecule has 44 heavy (non-hydrogen) atoms. The number of carbonyl (C=O) groups is 1. The molecule has 1 saturated carbocycles. The largest absolute Gasteiger partial charge is 0.443 e. The third-order valence-corrected chi connectivity index (χ3v) is 8.47. The van der Waals surface area contributed by atoms with Gasteiger partial charge in [0.2, 0.25) is 5.91 Å². The number of halogens is 3. The number of hydrogen-bond donors (Lipinski definition) is 6. The molecule has 1 aliphatic rings. The molecule has 5 rings (SSSR count). The normalized spacial score (nSPS) is 19.5. The third kappa shape index (κ3) is 6.18. The second-order valence-corrected chi connectivity index (χ2v) is 12.7. The molecule has 17 heteroatoms. The summed E-state index contributed by atoms with van der Waals surface area (Å²) in [6.45, 7) is 6.21. The van der Waals surface area contributed by atoms with Gasteiger partial charge in [0.1, 0.15) is 11.6 Å². The first-order valence-corrected chi connectivity index (χ1v) is 14.2. The predicted molar refractivity (Wildman–Crippen MR) is 153 cm³/mol. The Labute approximate surface area is 251 Å². The number of anilines is 2. The third-order valence-electron chi connectivity index (χ3n) is 7.41. The van der Waals surface area contributed by atoms with Gasteiger partial charge in [-0.2, -0.15) is 13.2 Å². The summed E-state index contributed by atoms with van der Waals surface area (Å²) in [5.41, 5.74) is -2.47. The van der Waals surface area contributed by atoms with Crippen molar-refractivity contribution in [1.82, 2.24) is 29.4 Å². The fourth-order valence-corrected chi connectivity index (χ4v) is 6.27. The first-order chi connectivity index (χ1) is 20.2. The van der Waals surface area contributed by atoms with Crippen LogP contribution in [0, 0.1) is 0 Å². The molecular weight excluding hydrogens is 607 g/mol. The molecule has 0 spiro atoms. The first kappa shape index (κ1) is 31.5. The lowest BCUT2D eigenvalue weighted by Crippen LogP contribution is -2.44. The summed E-state index contributed by atoms with van der Waals surface area (Å²) in [7, 11) is 0. The van der Waals surface area contributed by atoms with Crippen molar-refractivity contribution >= 4 is 39.9 Å². The van der Waals surface area contributed by atoms with Gasteiger partial charge >= 0.3 is 18.0 Å². The first-order valence-electron chi connectivity index (χ1n) is 13.4. The van der Waals surface area contributed by atoms with E-state index < -0.39 is 40.2 Å². The van der Waals surface area contributed by atoms with E-state index in [1.54, 1.807) is 0 Å². The van der Waals surface area contributed by atoms with Crippen LogP contribution >= 0.6 is 11.3 Å². The van der Waals surface area contributed by atoms with Crippen LogP contribution in [-0.4, -0.2) is 56.0 Å². The van der Waals surface area contributed by atoms with Crippen molar-refractivity contribution < 1.29 is 38.4 Å². The number of imidazole rings is 1. The second kappa shape index (κ2) is 10.6. The number of nitrogens with zero attached hydrogens (tertiary/aromatic N) is 5. The van der Waals surface area contributed by atoms with Crippen LogP contribution in [0.3, 0.4) is 0 Å². The van der Waals surface area contributed by atoms with Gasteiger partial charge in [0.25, 0.3) is 0 Å². The molecule has 2 atom stereocenters. The van der Waals surface area contributed by atoms with E-state index >= 15 is 0 Å². The smallest absolute Gasteiger partial charge is 0.386 e. The van der Waals surface area contributed by atoms with Crippen LogP contribution in [0.15, 0.2) is 35.4 Å². The number of aliphatic hydroxyl groups is 4. The Kier molecular flexibility index (Phi) is 7.61. The van der Waals surface area contributed by atoms with Gasteiger partial charge in [-0.25, -0.2) is 24.3 Å². The van der Waals surface area contributed by atoms with E-state index in [9.17, 15) is 43.2 Å². The highest BCUT2D eigenvalue weighted by Gasteiger charge is 2.40. The van der Waals surface area contributed by atoms with Crippen LogP contribution in [0.2, 0.25) is 0 Å². The number of rotatable bonds is 7. The summed E-state index contributed by atoms with van der Waals surface area (Å²) >= 11 is 0.393. The summed E-state index contributed by atoms with van der Waals surface area (Å²) in [5.74, 6) is -0.0365. The number of hydrogen-bond acceptors (Lipinski definition) is 11. The van der Waals surface area contributed by atoms with E-state index in [0.29, 0.717) is 40.7 Å². The molecule has 1 aliphatic carbocycles. The predicted octanol–water partition coefficient (Wildman–Crippen LogP) is 2.87. The minimum Gasteiger partial charge on any atom is -0.386 e. The molecule has 1 fully saturated rings. The number of aromatic nitrogens is 5. The van der Waals surface area contributed by atoms with Gasteiger partial charge in [-0.1, -0.05) is 0 Å². The summed E-state index contributed by atoms with van der Waals surface area (Å²) in [4.78, 5) is 37.4. The van der Waals surface area contributed by atoms with Gasteiger partial charge in [-0.15, -0.1) is 11.3 Å². The Hall–Kier alpha value is -3.90. The number of nitrogens with one attached hydrogen (secondary N) is 2. The van der Waals surface area contributed by atoms with E-state index in [2.05, 4.69) is 25.6 Å². The molecule has 1 unspecified atom stereocenters. The van der Waals surface area contributed by atoms with E-state index in [-0.39, 0.29) is 39.1 Å². The van der Waals surface area contributed by atoms with Crippen molar-refractivity contribution in [3.05, 3.63) is 51.6 Å². The highest BCUT2D eigenvalue weighted by molar-refractivity contribution is 7.15. The van der Waals surface area contributed by atoms with Crippen LogP contribution in [0.25, 0.3) is 21.6 Å². The maximum absolute atomic E-state index is 13.4. The van der Waals surface area contributed by atoms with Crippen LogP contribution in [-0.2, 0) is 22.7 Å². The fourth-order valence-electron chi connectivity index (χ4n) is 5.52. The molecule has 6 N–H and O–H groups in total. The Morgan fingerprint density at radius 3 is 2.36 bits per heavy atom. The Balaban J connectivity index is 1.59. The Bertz CT molecular complexity index is 1800. The molecule has 4 heterocycles. The van der Waals surface area contributed by atoms with Gasteiger partial charge < -0.3 is 31.1 Å². The molecule has 236 valence electrons. The van der Waals surface area contributed by atoms with Crippen LogP contribution in [0.4, 0.5) is 24.8 Å². The molecule has 1 amide bonds. The van der Waals surface area contributed by atoms with Gasteiger partial charge in [-0.05, 0) is 57.7 Å². The molecule has 4 aromatic heterocycles. The van der Waals surface area contributed by atoms with Crippen LogP contribution in [0.5, 0.6) is 0 Å². The minimum atomic E-state index is -4.64. The van der Waals surface area contributed by atoms with Crippen molar-refractivity contribution in [2.75, 3.05) is 5.32 Å². The quantitative estimate of drug-likeness (QED) is 0.165. The van der Waals surface area contributed by atoms with E-state index in [0.717, 1.165) is 12.4 Å². The van der Waals surface area contributed by atoms with Crippen molar-refractivity contribution in [3.63, 3.8) is 0 Å². The topological polar surface area (TPSA) is 188 Å². The molecule has 4 aromatic rings. The molecule has 0 saturated heterocycles. The summed E-state index contributed by atoms with van der Waals surface area (Å²) < 4.78 is 41.3. The highest BCUT2D eigenvalue weighted by atomic mass is 32.1. The zero-order valence-electron chi connectivity index (χ0n) is 24.0. The molecule has 0 aromatic carbocycles. The molecule has 13 nitrogen and oxygen atoms in total. The van der Waals surface area contributed by atoms with Crippen molar-refractivity contribution in [2.24, 2.45) is 0 Å². The number of pyridine rings is 2. The Morgan fingerprint density at radius 1 is 1.07 bits per heavy atom. The van der Waals surface area contributed by atoms with Gasteiger partial charge in [-0.3, -0.25) is 9.36 Å². The lowest BCUT2D eigenvalue weighted by atomic mass is 9.98. The lowest BCUT2D eigenvalue weighted by Gasteiger charge is -2.25. The zero-order valence-corrected chi connectivity index (χ0v) is 24.8. The van der Waals surface area contributed by atoms with Gasteiger partial charge in [0.05, 0.1) is 33.4 Å². The SMILES string of the molecule is CC(=O)N[C@@]1(C)CCC(n2c(=O)n(C(O)(O)O)c3cnc(Nc4cc(C(C)(C)O)cc(-c5cnc(C(F)(F)F)s5)n4)cc32)C1. The van der Waals surface area contributed by atoms with Gasteiger partial charge in [0.15, 0.2) is 5.01 Å². The van der Waals surface area contributed by atoms with Crippen LogP contribution < -0.4 is 16.3 Å². The fraction of sp³-hybridized carbons (Fsp3) is 0.444. The zero-order chi connectivity index (χ0) is 32.4. The van der Waals surface area contributed by atoms with Crippen LogP contribution in [0.1, 0.15) is 63.6 Å². The number of carbonyl (C=O) groups excluding carboxylic acids is 1. The van der Waals surface area contributed by atoms with Crippen molar-refractivity contribution in [1.29, 1.82) is 0 Å². The average molecular weight is 638 g/mol. The van der Waals surface area contributed by atoms with Crippen molar-refractivity contribution in [2.45, 2.75) is 76.4 Å². The van der Waals surface area contributed by atoms with E-state index in [4.69, 9.17) is 0 Å². The number of fused-ring (bicyclic) bond motifs is 1. The standard InChI is InChI=1S/C27H30F3N7O6S/c1-13(38)35-25(4)6-5-15(10-25)36-17-9-20(31-11-18(17)37(23(36)39)27(41,42)43)34-21-8-14(24(2,3)40)7-16(33-21)19-12-32-22(44-19)26(28,29)30/h7-9,11-12,15,40-43H,5-6,10H2,1-4H3,(H,35,38)(H,31,33,34)/t15?,25-/m0/s1. The number of amides is 1. The minimum absolute atomic E-state index is 0.0988. The average Bonchev–Trinajstić information content (AvgIpc) is 3.58. The second-order valence-electron chi connectivity index (χ2n) is 11.6. The van der Waals surface area contributed by atoms with E-state index in [1.165, 1.54) is 43.5 Å². The molecule has 0 radical (unpaired) electrons. The summed E-state index contributed by atoms with van der Waals surface area (Å²) in [6, 6.07) is 3.84. The monoisotopic (exact) mass is 637 g/mol. The molecule has 0 bridgehead atoms. The van der Waals surface area contributed by atoms with Crippen molar-refractivity contribution in [3.8, 4) is 10.6 Å².